The SMILES string of the molecule is O=C(Nc1ccc(Cl)cc1)c1ccc2c(c1)C[C@@H](c1ccc(Cl)cc1)OC2=O. The number of ether oxygens (including phenoxy) is 1. The molecule has 4 rings (SSSR count). The first-order valence-corrected chi connectivity index (χ1v) is 9.41. The summed E-state index contributed by atoms with van der Waals surface area (Å²) in [7, 11) is 0. The quantitative estimate of drug-likeness (QED) is 0.562. The molecule has 1 aliphatic rings. The molecule has 28 heavy (non-hydrogen) atoms. The summed E-state index contributed by atoms with van der Waals surface area (Å²) >= 11 is 11.8. The van der Waals surface area contributed by atoms with E-state index in [9.17, 15) is 9.59 Å². The van der Waals surface area contributed by atoms with Crippen molar-refractivity contribution in [3.8, 4) is 0 Å². The van der Waals surface area contributed by atoms with E-state index in [0.29, 0.717) is 33.3 Å². The number of amides is 1. The number of nitrogens with one attached hydrogen (secondary N) is 1. The molecule has 0 saturated carbocycles. The lowest BCUT2D eigenvalue weighted by Crippen LogP contribution is -2.23. The van der Waals surface area contributed by atoms with E-state index in [0.717, 1.165) is 11.1 Å². The van der Waals surface area contributed by atoms with Crippen molar-refractivity contribution in [2.45, 2.75) is 12.5 Å². The Bertz CT molecular complexity index is 1050. The largest absolute Gasteiger partial charge is 0.454 e. The van der Waals surface area contributed by atoms with Gasteiger partial charge in [-0.3, -0.25) is 4.79 Å². The van der Waals surface area contributed by atoms with Gasteiger partial charge in [-0.05, 0) is 65.7 Å². The lowest BCUT2D eigenvalue weighted by molar-refractivity contribution is 0.0252. The predicted octanol–water partition coefficient (Wildman–Crippen LogP) is 5.70. The highest BCUT2D eigenvalue weighted by molar-refractivity contribution is 6.30. The van der Waals surface area contributed by atoms with Crippen molar-refractivity contribution in [2.75, 3.05) is 5.32 Å². The van der Waals surface area contributed by atoms with Crippen LogP contribution in [0.25, 0.3) is 0 Å². The van der Waals surface area contributed by atoms with E-state index < -0.39 is 12.1 Å². The van der Waals surface area contributed by atoms with E-state index in [4.69, 9.17) is 27.9 Å². The molecule has 1 N–H and O–H groups in total. The van der Waals surface area contributed by atoms with Crippen LogP contribution in [0, 0.1) is 0 Å². The number of rotatable bonds is 3. The Morgan fingerprint density at radius 3 is 2.25 bits per heavy atom. The Morgan fingerprint density at radius 1 is 0.929 bits per heavy atom. The van der Waals surface area contributed by atoms with Crippen molar-refractivity contribution in [1.82, 2.24) is 0 Å². The zero-order valence-electron chi connectivity index (χ0n) is 14.6. The molecule has 0 unspecified atom stereocenters. The molecule has 0 fully saturated rings. The van der Waals surface area contributed by atoms with Crippen molar-refractivity contribution >= 4 is 40.8 Å². The van der Waals surface area contributed by atoms with E-state index in [1.807, 2.05) is 12.1 Å². The summed E-state index contributed by atoms with van der Waals surface area (Å²) in [5.41, 5.74) is 3.23. The lowest BCUT2D eigenvalue weighted by Gasteiger charge is -2.25. The topological polar surface area (TPSA) is 55.4 Å². The molecule has 3 aromatic carbocycles. The number of anilines is 1. The van der Waals surface area contributed by atoms with Gasteiger partial charge in [0.15, 0.2) is 0 Å². The zero-order chi connectivity index (χ0) is 19.7. The van der Waals surface area contributed by atoms with Gasteiger partial charge in [-0.2, -0.15) is 0 Å². The molecular weight excluding hydrogens is 397 g/mol. The number of benzene rings is 3. The van der Waals surface area contributed by atoms with Gasteiger partial charge in [-0.25, -0.2) is 4.79 Å². The minimum atomic E-state index is -0.410. The van der Waals surface area contributed by atoms with Crippen molar-refractivity contribution in [2.24, 2.45) is 0 Å². The fourth-order valence-electron chi connectivity index (χ4n) is 3.14. The van der Waals surface area contributed by atoms with Crippen LogP contribution in [0.4, 0.5) is 5.69 Å². The second-order valence-electron chi connectivity index (χ2n) is 6.48. The molecule has 0 saturated heterocycles. The fourth-order valence-corrected chi connectivity index (χ4v) is 3.39. The lowest BCUT2D eigenvalue weighted by atomic mass is 9.93. The van der Waals surface area contributed by atoms with E-state index in [1.54, 1.807) is 54.6 Å². The molecular formula is C22H15Cl2NO3. The number of cyclic esters (lactones) is 1. The maximum Gasteiger partial charge on any atom is 0.339 e. The molecule has 0 radical (unpaired) electrons. The number of carbonyl (C=O) groups is 2. The molecule has 0 bridgehead atoms. The van der Waals surface area contributed by atoms with Crippen LogP contribution >= 0.6 is 23.2 Å². The Kier molecular flexibility index (Phi) is 5.07. The number of fused-ring (bicyclic) bond motifs is 1. The molecule has 1 heterocycles. The van der Waals surface area contributed by atoms with Gasteiger partial charge in [-0.15, -0.1) is 0 Å². The summed E-state index contributed by atoms with van der Waals surface area (Å²) in [5.74, 6) is -0.655. The Morgan fingerprint density at radius 2 is 1.57 bits per heavy atom. The molecule has 0 aliphatic carbocycles. The first-order chi connectivity index (χ1) is 13.5. The van der Waals surface area contributed by atoms with Crippen LogP contribution in [0.1, 0.15) is 37.9 Å². The van der Waals surface area contributed by atoms with Gasteiger partial charge in [-0.1, -0.05) is 35.3 Å². The smallest absolute Gasteiger partial charge is 0.339 e. The molecule has 0 spiro atoms. The van der Waals surface area contributed by atoms with Crippen molar-refractivity contribution in [1.29, 1.82) is 0 Å². The summed E-state index contributed by atoms with van der Waals surface area (Å²) < 4.78 is 5.55. The van der Waals surface area contributed by atoms with Gasteiger partial charge in [0, 0.05) is 27.7 Å². The first-order valence-electron chi connectivity index (χ1n) is 8.66. The van der Waals surface area contributed by atoms with Crippen LogP contribution in [-0.4, -0.2) is 11.9 Å². The fraction of sp³-hybridized carbons (Fsp3) is 0.0909. The molecule has 6 heteroatoms. The average Bonchev–Trinajstić information content (AvgIpc) is 2.69. The standard InChI is InChI=1S/C22H15Cl2NO3/c23-16-4-1-13(2-5-16)20-12-15-11-14(3-10-19(15)22(27)28-20)21(26)25-18-8-6-17(24)7-9-18/h1-11,20H,12H2,(H,25,26)/t20-/m0/s1. The van der Waals surface area contributed by atoms with Crippen molar-refractivity contribution in [3.63, 3.8) is 0 Å². The maximum atomic E-state index is 12.6. The Balaban J connectivity index is 1.57. The third-order valence-electron chi connectivity index (χ3n) is 4.59. The molecule has 3 aromatic rings. The molecule has 1 aliphatic heterocycles. The Labute approximate surface area is 172 Å². The third kappa shape index (κ3) is 3.88. The minimum absolute atomic E-state index is 0.257. The van der Waals surface area contributed by atoms with Gasteiger partial charge < -0.3 is 10.1 Å². The highest BCUT2D eigenvalue weighted by atomic mass is 35.5. The van der Waals surface area contributed by atoms with E-state index in [1.165, 1.54) is 0 Å². The monoisotopic (exact) mass is 411 g/mol. The van der Waals surface area contributed by atoms with Crippen LogP contribution in [0.2, 0.25) is 10.0 Å². The summed E-state index contributed by atoms with van der Waals surface area (Å²) in [6.07, 6.45) is 0.0805. The summed E-state index contributed by atoms with van der Waals surface area (Å²) in [6, 6.07) is 19.0. The number of esters is 1. The summed E-state index contributed by atoms with van der Waals surface area (Å²) in [6.45, 7) is 0. The molecule has 4 nitrogen and oxygen atoms in total. The van der Waals surface area contributed by atoms with Crippen LogP contribution in [0.5, 0.6) is 0 Å². The number of hydrogen-bond donors (Lipinski definition) is 1. The highest BCUT2D eigenvalue weighted by Gasteiger charge is 2.28. The van der Waals surface area contributed by atoms with Gasteiger partial charge >= 0.3 is 5.97 Å². The van der Waals surface area contributed by atoms with Gasteiger partial charge in [0.25, 0.3) is 5.91 Å². The molecule has 1 atom stereocenters. The van der Waals surface area contributed by atoms with Crippen LogP contribution in [0.15, 0.2) is 66.7 Å². The normalized spacial score (nSPS) is 15.5. The summed E-state index contributed by atoms with van der Waals surface area (Å²) in [4.78, 5) is 25.0. The molecule has 140 valence electrons. The van der Waals surface area contributed by atoms with Gasteiger partial charge in [0.1, 0.15) is 6.10 Å². The number of hydrogen-bond acceptors (Lipinski definition) is 3. The van der Waals surface area contributed by atoms with E-state index >= 15 is 0 Å². The molecule has 1 amide bonds. The van der Waals surface area contributed by atoms with Crippen LogP contribution in [-0.2, 0) is 11.2 Å². The number of carbonyl (C=O) groups excluding carboxylic acids is 2. The van der Waals surface area contributed by atoms with Crippen molar-refractivity contribution < 1.29 is 14.3 Å². The molecule has 0 aromatic heterocycles. The van der Waals surface area contributed by atoms with Crippen molar-refractivity contribution in [3.05, 3.63) is 99.0 Å². The van der Waals surface area contributed by atoms with Gasteiger partial charge in [0.05, 0.1) is 5.56 Å². The summed E-state index contributed by atoms with van der Waals surface area (Å²) in [5, 5.41) is 4.04. The number of halogens is 2. The van der Waals surface area contributed by atoms with E-state index in [-0.39, 0.29) is 5.91 Å². The first kappa shape index (κ1) is 18.5. The second-order valence-corrected chi connectivity index (χ2v) is 7.36. The zero-order valence-corrected chi connectivity index (χ0v) is 16.1. The van der Waals surface area contributed by atoms with Gasteiger partial charge in [0.2, 0.25) is 0 Å². The highest BCUT2D eigenvalue weighted by Crippen LogP contribution is 2.31. The average molecular weight is 412 g/mol. The predicted molar refractivity (Wildman–Crippen MR) is 109 cm³/mol. The van der Waals surface area contributed by atoms with Crippen LogP contribution in [0.3, 0.4) is 0 Å². The minimum Gasteiger partial charge on any atom is -0.454 e. The van der Waals surface area contributed by atoms with Crippen LogP contribution < -0.4 is 5.32 Å². The maximum absolute atomic E-state index is 12.6. The van der Waals surface area contributed by atoms with E-state index in [2.05, 4.69) is 5.32 Å². The Hall–Kier alpha value is -2.82. The third-order valence-corrected chi connectivity index (χ3v) is 5.09. The second kappa shape index (κ2) is 7.66.